The lowest BCUT2D eigenvalue weighted by atomic mass is 10.3. The number of furan rings is 1. The molecule has 0 radical (unpaired) electrons. The molecule has 0 saturated heterocycles. The molecule has 94 valence electrons. The van der Waals surface area contributed by atoms with E-state index >= 15 is 0 Å². The second kappa shape index (κ2) is 4.72. The largest absolute Gasteiger partial charge is 0.467 e. The van der Waals surface area contributed by atoms with Crippen LogP contribution < -0.4 is 10.2 Å². The Balaban J connectivity index is 1.84. The summed E-state index contributed by atoms with van der Waals surface area (Å²) in [6.07, 6.45) is 4.20. The summed E-state index contributed by atoms with van der Waals surface area (Å²) in [5.41, 5.74) is 0. The van der Waals surface area contributed by atoms with E-state index in [2.05, 4.69) is 21.3 Å². The molecule has 0 aliphatic heterocycles. The van der Waals surface area contributed by atoms with Gasteiger partial charge >= 0.3 is 0 Å². The van der Waals surface area contributed by atoms with Gasteiger partial charge in [0.25, 0.3) is 0 Å². The van der Waals surface area contributed by atoms with E-state index in [9.17, 15) is 0 Å². The smallest absolute Gasteiger partial charge is 0.131 e. The van der Waals surface area contributed by atoms with Crippen LogP contribution >= 0.6 is 0 Å². The molecule has 4 heteroatoms. The highest BCUT2D eigenvalue weighted by atomic mass is 16.3. The summed E-state index contributed by atoms with van der Waals surface area (Å²) in [6.45, 7) is 0.790. The van der Waals surface area contributed by atoms with E-state index in [0.717, 1.165) is 23.9 Å². The van der Waals surface area contributed by atoms with E-state index in [0.29, 0.717) is 6.04 Å². The van der Waals surface area contributed by atoms with Crippen molar-refractivity contribution in [2.45, 2.75) is 25.4 Å². The molecule has 2 aromatic rings. The van der Waals surface area contributed by atoms with Crippen LogP contribution in [0.25, 0.3) is 0 Å². The fraction of sp³-hybridized carbons (Fsp3) is 0.357. The highest BCUT2D eigenvalue weighted by molar-refractivity contribution is 5.48. The zero-order valence-corrected chi connectivity index (χ0v) is 10.5. The Morgan fingerprint density at radius 2 is 2.22 bits per heavy atom. The first-order chi connectivity index (χ1) is 8.86. The van der Waals surface area contributed by atoms with Crippen molar-refractivity contribution in [3.05, 3.63) is 42.4 Å². The molecular weight excluding hydrogens is 226 g/mol. The SMILES string of the molecule is CNc1cccc(N(Cc2ccco2)C2CC2)n1. The van der Waals surface area contributed by atoms with Crippen LogP contribution in [0, 0.1) is 0 Å². The number of rotatable bonds is 5. The van der Waals surface area contributed by atoms with Crippen LogP contribution in [0.15, 0.2) is 41.0 Å². The fourth-order valence-electron chi connectivity index (χ4n) is 2.08. The van der Waals surface area contributed by atoms with Crippen molar-refractivity contribution < 1.29 is 4.42 Å². The van der Waals surface area contributed by atoms with Crippen molar-refractivity contribution in [2.75, 3.05) is 17.3 Å². The Morgan fingerprint density at radius 1 is 1.33 bits per heavy atom. The van der Waals surface area contributed by atoms with Crippen molar-refractivity contribution in [3.8, 4) is 0 Å². The number of aromatic nitrogens is 1. The summed E-state index contributed by atoms with van der Waals surface area (Å²) in [4.78, 5) is 6.93. The molecule has 18 heavy (non-hydrogen) atoms. The van der Waals surface area contributed by atoms with Gasteiger partial charge in [0.15, 0.2) is 0 Å². The Morgan fingerprint density at radius 3 is 2.89 bits per heavy atom. The van der Waals surface area contributed by atoms with E-state index in [1.54, 1.807) is 6.26 Å². The summed E-state index contributed by atoms with van der Waals surface area (Å²) >= 11 is 0. The maximum absolute atomic E-state index is 5.43. The molecule has 1 aliphatic carbocycles. The van der Waals surface area contributed by atoms with Gasteiger partial charge in [-0.25, -0.2) is 4.98 Å². The first kappa shape index (κ1) is 11.1. The van der Waals surface area contributed by atoms with Gasteiger partial charge in [0.05, 0.1) is 12.8 Å². The topological polar surface area (TPSA) is 41.3 Å². The molecule has 2 aromatic heterocycles. The molecule has 0 amide bonds. The molecule has 4 nitrogen and oxygen atoms in total. The van der Waals surface area contributed by atoms with E-state index in [4.69, 9.17) is 4.42 Å². The molecule has 0 bridgehead atoms. The van der Waals surface area contributed by atoms with Gasteiger partial charge in [-0.2, -0.15) is 0 Å². The van der Waals surface area contributed by atoms with E-state index < -0.39 is 0 Å². The van der Waals surface area contributed by atoms with Crippen LogP contribution in [0.5, 0.6) is 0 Å². The molecule has 0 unspecified atom stereocenters. The van der Waals surface area contributed by atoms with Crippen molar-refractivity contribution in [1.82, 2.24) is 4.98 Å². The highest BCUT2D eigenvalue weighted by Gasteiger charge is 2.30. The Bertz CT molecular complexity index is 506. The molecule has 1 fully saturated rings. The van der Waals surface area contributed by atoms with Crippen molar-refractivity contribution in [2.24, 2.45) is 0 Å². The summed E-state index contributed by atoms with van der Waals surface area (Å²) in [6, 6.07) is 10.6. The molecule has 1 N–H and O–H groups in total. The fourth-order valence-corrected chi connectivity index (χ4v) is 2.08. The van der Waals surface area contributed by atoms with Crippen LogP contribution in [-0.2, 0) is 6.54 Å². The normalized spacial score (nSPS) is 14.5. The molecule has 3 rings (SSSR count). The monoisotopic (exact) mass is 243 g/mol. The number of hydrogen-bond donors (Lipinski definition) is 1. The van der Waals surface area contributed by atoms with Crippen molar-refractivity contribution >= 4 is 11.6 Å². The zero-order chi connectivity index (χ0) is 12.4. The van der Waals surface area contributed by atoms with Crippen LogP contribution in [0.2, 0.25) is 0 Å². The third-order valence-corrected chi connectivity index (χ3v) is 3.18. The molecule has 1 saturated carbocycles. The van der Waals surface area contributed by atoms with Gasteiger partial charge in [-0.05, 0) is 37.1 Å². The summed E-state index contributed by atoms with van der Waals surface area (Å²) < 4.78 is 5.43. The third-order valence-electron chi connectivity index (χ3n) is 3.18. The van der Waals surface area contributed by atoms with Gasteiger partial charge < -0.3 is 14.6 Å². The van der Waals surface area contributed by atoms with Gasteiger partial charge in [-0.3, -0.25) is 0 Å². The average molecular weight is 243 g/mol. The number of nitrogens with one attached hydrogen (secondary N) is 1. The number of hydrogen-bond acceptors (Lipinski definition) is 4. The van der Waals surface area contributed by atoms with Gasteiger partial charge in [-0.1, -0.05) is 6.07 Å². The molecule has 0 spiro atoms. The van der Waals surface area contributed by atoms with E-state index in [1.165, 1.54) is 12.8 Å². The third kappa shape index (κ3) is 2.32. The minimum absolute atomic E-state index is 0.606. The number of pyridine rings is 1. The summed E-state index contributed by atoms with van der Waals surface area (Å²) in [5.74, 6) is 2.90. The van der Waals surface area contributed by atoms with Gasteiger partial charge in [0.1, 0.15) is 17.4 Å². The Kier molecular flexibility index (Phi) is 2.92. The molecule has 0 aromatic carbocycles. The molecular formula is C14H17N3O. The molecule has 1 aliphatic rings. The number of nitrogens with zero attached hydrogens (tertiary/aromatic N) is 2. The maximum atomic E-state index is 5.43. The molecule has 2 heterocycles. The Hall–Kier alpha value is -1.97. The van der Waals surface area contributed by atoms with Crippen LogP contribution in [0.3, 0.4) is 0 Å². The average Bonchev–Trinajstić information content (AvgIpc) is 3.13. The predicted molar refractivity (Wildman–Crippen MR) is 71.7 cm³/mol. The van der Waals surface area contributed by atoms with Crippen molar-refractivity contribution in [1.29, 1.82) is 0 Å². The number of anilines is 2. The van der Waals surface area contributed by atoms with Crippen LogP contribution in [0.1, 0.15) is 18.6 Å². The van der Waals surface area contributed by atoms with Gasteiger partial charge in [0, 0.05) is 13.1 Å². The Labute approximate surface area is 107 Å². The van der Waals surface area contributed by atoms with Crippen molar-refractivity contribution in [3.63, 3.8) is 0 Å². The maximum Gasteiger partial charge on any atom is 0.131 e. The lowest BCUT2D eigenvalue weighted by Crippen LogP contribution is -2.25. The highest BCUT2D eigenvalue weighted by Crippen LogP contribution is 2.32. The zero-order valence-electron chi connectivity index (χ0n) is 10.5. The minimum Gasteiger partial charge on any atom is -0.467 e. The standard InChI is InChI=1S/C14H17N3O/c1-15-13-5-2-6-14(16-13)17(11-7-8-11)10-12-4-3-9-18-12/h2-6,9,11H,7-8,10H2,1H3,(H,15,16). The summed E-state index contributed by atoms with van der Waals surface area (Å²) in [7, 11) is 1.89. The second-order valence-electron chi connectivity index (χ2n) is 4.57. The quantitative estimate of drug-likeness (QED) is 0.876. The minimum atomic E-state index is 0.606. The van der Waals surface area contributed by atoms with E-state index in [1.807, 2.05) is 31.3 Å². The van der Waals surface area contributed by atoms with Crippen LogP contribution in [0.4, 0.5) is 11.6 Å². The lowest BCUT2D eigenvalue weighted by molar-refractivity contribution is 0.500. The first-order valence-electron chi connectivity index (χ1n) is 6.30. The van der Waals surface area contributed by atoms with Gasteiger partial charge in [-0.15, -0.1) is 0 Å². The predicted octanol–water partition coefficient (Wildman–Crippen LogP) is 2.89. The van der Waals surface area contributed by atoms with E-state index in [-0.39, 0.29) is 0 Å². The molecule has 0 atom stereocenters. The second-order valence-corrected chi connectivity index (χ2v) is 4.57. The van der Waals surface area contributed by atoms with Crippen LogP contribution in [-0.4, -0.2) is 18.1 Å². The lowest BCUT2D eigenvalue weighted by Gasteiger charge is -2.22. The van der Waals surface area contributed by atoms with Gasteiger partial charge in [0.2, 0.25) is 0 Å². The first-order valence-corrected chi connectivity index (χ1v) is 6.30. The summed E-state index contributed by atoms with van der Waals surface area (Å²) in [5, 5.41) is 3.08.